The highest BCUT2D eigenvalue weighted by molar-refractivity contribution is 7.80. The molecule has 0 aromatic carbocycles. The van der Waals surface area contributed by atoms with E-state index in [2.05, 4.69) is 11.1 Å². The summed E-state index contributed by atoms with van der Waals surface area (Å²) >= 11 is 0. The highest BCUT2D eigenvalue weighted by Crippen LogP contribution is 2.41. The summed E-state index contributed by atoms with van der Waals surface area (Å²) in [4.78, 5) is 42.9. The van der Waals surface area contributed by atoms with Crippen molar-refractivity contribution in [2.75, 3.05) is 27.8 Å². The largest absolute Gasteiger partial charge is 0.459 e. The molecule has 0 amide bonds. The number of ether oxygens (including phenoxy) is 7. The summed E-state index contributed by atoms with van der Waals surface area (Å²) in [6, 6.07) is -0.319. The molecule has 19 nitrogen and oxygen atoms in total. The van der Waals surface area contributed by atoms with E-state index >= 15 is 0 Å². The number of esters is 2. The SMILES string of the molecule is CCC(=O)O[C@H]1[C@H](O[C@@H]2[C@@H](C)[C@H](O[C@H]3C[C@@](C)(OC)[C@@H](O)[C@H](C)O3)[C@@H](C)C(=O)O[C@H](CC)[C@](C)(O)[C@H](O)[C@@H](C)C(=O)[C@H](C)C[C@@]2(C)O)O[C@H](C)C[C@@H]1N(C)C.CCCCCCCCCCCCOS(=O)(=O)O. The Balaban J connectivity index is 0.000000887. The third kappa shape index (κ3) is 19.6. The van der Waals surface area contributed by atoms with Crippen molar-refractivity contribution in [3.8, 4) is 0 Å². The van der Waals surface area contributed by atoms with Crippen LogP contribution >= 0.6 is 0 Å². The summed E-state index contributed by atoms with van der Waals surface area (Å²) < 4.78 is 76.6. The minimum atomic E-state index is -4.23. The number of aliphatic hydroxyl groups excluding tert-OH is 2. The van der Waals surface area contributed by atoms with E-state index in [1.807, 2.05) is 25.9 Å². The Morgan fingerprint density at radius 3 is 1.88 bits per heavy atom. The summed E-state index contributed by atoms with van der Waals surface area (Å²) in [6.45, 7) is 20.3. The van der Waals surface area contributed by atoms with Gasteiger partial charge in [0.25, 0.3) is 0 Å². The van der Waals surface area contributed by atoms with Gasteiger partial charge in [-0.1, -0.05) is 99.3 Å². The lowest BCUT2D eigenvalue weighted by Crippen LogP contribution is -2.61. The second-order valence-corrected chi connectivity index (χ2v) is 22.8. The topological polar surface area (TPSA) is 264 Å². The number of unbranched alkanes of at least 4 members (excludes halogenated alkanes) is 9. The van der Waals surface area contributed by atoms with E-state index in [4.69, 9.17) is 37.7 Å². The smallest absolute Gasteiger partial charge is 0.397 e. The highest BCUT2D eigenvalue weighted by atomic mass is 32.3. The van der Waals surface area contributed by atoms with Gasteiger partial charge in [-0.15, -0.1) is 0 Å². The lowest BCUT2D eigenvalue weighted by molar-refractivity contribution is -0.319. The number of hydrogen-bond acceptors (Lipinski definition) is 18. The van der Waals surface area contributed by atoms with Crippen molar-refractivity contribution >= 4 is 28.1 Å². The molecule has 3 aliphatic rings. The first-order valence-electron chi connectivity index (χ1n) is 26.6. The fraction of sp³-hybridized carbons (Fsp3) is 0.942. The van der Waals surface area contributed by atoms with Crippen molar-refractivity contribution < 1.29 is 85.1 Å². The van der Waals surface area contributed by atoms with E-state index < -0.39 is 124 Å². The van der Waals surface area contributed by atoms with E-state index in [0.717, 1.165) is 12.8 Å². The minimum absolute atomic E-state index is 0.0760. The van der Waals surface area contributed by atoms with Crippen molar-refractivity contribution in [2.45, 2.75) is 264 Å². The van der Waals surface area contributed by atoms with E-state index in [1.165, 1.54) is 72.8 Å². The van der Waals surface area contributed by atoms with Gasteiger partial charge in [0.2, 0.25) is 0 Å². The Bertz CT molecular complexity index is 1730. The summed E-state index contributed by atoms with van der Waals surface area (Å²) in [7, 11) is 0.973. The molecule has 3 saturated heterocycles. The molecule has 0 bridgehead atoms. The number of nitrogens with zero attached hydrogens (tertiary/aromatic N) is 1. The van der Waals surface area contributed by atoms with Crippen LogP contribution in [0.15, 0.2) is 0 Å². The van der Waals surface area contributed by atoms with E-state index in [0.29, 0.717) is 12.8 Å². The summed E-state index contributed by atoms with van der Waals surface area (Å²) in [5, 5.41) is 46.6. The van der Waals surface area contributed by atoms with Gasteiger partial charge in [0.15, 0.2) is 18.7 Å². The summed E-state index contributed by atoms with van der Waals surface area (Å²) in [5.74, 6) is -5.59. The third-order valence-corrected chi connectivity index (χ3v) is 15.5. The molecule has 3 heterocycles. The van der Waals surface area contributed by atoms with Crippen molar-refractivity contribution in [2.24, 2.45) is 23.7 Å². The predicted octanol–water partition coefficient (Wildman–Crippen LogP) is 6.47. The van der Waals surface area contributed by atoms with Crippen LogP contribution in [-0.4, -0.2) is 168 Å². The molecule has 0 spiro atoms. The van der Waals surface area contributed by atoms with Gasteiger partial charge in [0.1, 0.15) is 23.6 Å². The fourth-order valence-corrected chi connectivity index (χ4v) is 10.8. The van der Waals surface area contributed by atoms with Crippen molar-refractivity contribution in [1.29, 1.82) is 0 Å². The first-order chi connectivity index (χ1) is 33.4. The number of cyclic esters (lactones) is 1. The van der Waals surface area contributed by atoms with Crippen molar-refractivity contribution in [3.63, 3.8) is 0 Å². The minimum Gasteiger partial charge on any atom is -0.459 e. The molecule has 0 aliphatic carbocycles. The zero-order valence-corrected chi connectivity index (χ0v) is 47.2. The van der Waals surface area contributed by atoms with Gasteiger partial charge in [-0.2, -0.15) is 8.42 Å². The number of hydrogen-bond donors (Lipinski definition) is 5. The quantitative estimate of drug-likeness (QED) is 0.0468. The van der Waals surface area contributed by atoms with Crippen LogP contribution in [0.4, 0.5) is 0 Å². The van der Waals surface area contributed by atoms with Crippen LogP contribution in [0.5, 0.6) is 0 Å². The van der Waals surface area contributed by atoms with E-state index in [9.17, 15) is 43.2 Å². The maximum absolute atomic E-state index is 14.2. The maximum Gasteiger partial charge on any atom is 0.397 e. The Labute approximate surface area is 432 Å². The number of carbonyl (C=O) groups is 3. The lowest BCUT2D eigenvalue weighted by atomic mass is 9.74. The number of ketones is 1. The summed E-state index contributed by atoms with van der Waals surface area (Å²) in [6.07, 6.45) is 2.17. The number of likely N-dealkylation sites (N-methyl/N-ethyl adjacent to an activating group) is 1. The Morgan fingerprint density at radius 1 is 0.792 bits per heavy atom. The normalized spacial score (nSPS) is 38.6. The Morgan fingerprint density at radius 2 is 1.36 bits per heavy atom. The number of Topliss-reactive ketones (excluding diaryl/α,β-unsaturated/α-hetero) is 1. The molecule has 0 aromatic rings. The second-order valence-electron chi connectivity index (χ2n) is 21.7. The first-order valence-corrected chi connectivity index (χ1v) is 28.0. The predicted molar refractivity (Wildman–Crippen MR) is 270 cm³/mol. The van der Waals surface area contributed by atoms with Crippen LogP contribution < -0.4 is 0 Å². The molecule has 3 fully saturated rings. The Kier molecular flexibility index (Phi) is 27.7. The van der Waals surface area contributed by atoms with E-state index in [-0.39, 0.29) is 44.4 Å². The third-order valence-electron chi connectivity index (χ3n) is 15.1. The van der Waals surface area contributed by atoms with Gasteiger partial charge in [0.05, 0.1) is 60.3 Å². The van der Waals surface area contributed by atoms with Crippen LogP contribution in [0.3, 0.4) is 0 Å². The zero-order chi connectivity index (χ0) is 54.9. The summed E-state index contributed by atoms with van der Waals surface area (Å²) in [5.41, 5.74) is -4.92. The molecule has 0 radical (unpaired) electrons. The second kappa shape index (κ2) is 30.1. The molecule has 18 atom stereocenters. The molecule has 424 valence electrons. The van der Waals surface area contributed by atoms with Crippen LogP contribution in [0, 0.1) is 23.7 Å². The van der Waals surface area contributed by atoms with Gasteiger partial charge < -0.3 is 58.5 Å². The molecular weight excluding hydrogens is 959 g/mol. The zero-order valence-electron chi connectivity index (χ0n) is 46.4. The van der Waals surface area contributed by atoms with Gasteiger partial charge in [0, 0.05) is 37.7 Å². The average Bonchev–Trinajstić information content (AvgIpc) is 3.30. The van der Waals surface area contributed by atoms with Gasteiger partial charge >= 0.3 is 22.3 Å². The monoisotopic (exact) mass is 1060 g/mol. The molecule has 3 rings (SSSR count). The van der Waals surface area contributed by atoms with Crippen LogP contribution in [0.25, 0.3) is 0 Å². The number of methoxy groups -OCH3 is 1. The molecular formula is C52H97NO18S. The van der Waals surface area contributed by atoms with Gasteiger partial charge in [-0.05, 0) is 81.3 Å². The van der Waals surface area contributed by atoms with E-state index in [1.54, 1.807) is 48.5 Å². The van der Waals surface area contributed by atoms with Crippen molar-refractivity contribution in [3.05, 3.63) is 0 Å². The van der Waals surface area contributed by atoms with Crippen LogP contribution in [0.1, 0.15) is 179 Å². The molecule has 5 N–H and O–H groups in total. The molecule has 72 heavy (non-hydrogen) atoms. The highest BCUT2D eigenvalue weighted by Gasteiger charge is 2.54. The molecule has 20 heteroatoms. The maximum atomic E-state index is 14.2. The Hall–Kier alpha value is -1.92. The molecule has 0 saturated carbocycles. The number of carbonyl (C=O) groups excluding carboxylic acids is 3. The molecule has 0 unspecified atom stereocenters. The molecule has 0 aromatic heterocycles. The van der Waals surface area contributed by atoms with Crippen LogP contribution in [-0.2, 0) is 62.1 Å². The fourth-order valence-electron chi connectivity index (χ4n) is 10.5. The van der Waals surface area contributed by atoms with Gasteiger partial charge in [-0.3, -0.25) is 18.9 Å². The molecule has 3 aliphatic heterocycles. The average molecular weight is 1060 g/mol. The standard InChI is InChI=1S/C40H71NO14.C12H26O4S/c1-15-27-40(11,48)33(44)22(5)30(43)20(3)18-38(9,47)35(55-37-32(53-28(42)16-2)26(41(12)13)17-21(4)50-37)23(6)31(24(7)36(46)52-27)54-29-19-39(10,49-14)34(45)25(8)51-29;1-2-3-4-5-6-7-8-9-10-11-12-16-17(13,14)15/h20-27,29,31-35,37,44-45,47-48H,15-19H2,1-14H3;2-12H2,1H3,(H,13,14,15)/t20-,21-,22+,23+,24-,25+,26+,27-,29+,31+,32-,33-,34+,35-,37+,38-,39-,40+;/m1./s1. The number of rotatable bonds is 21. The van der Waals surface area contributed by atoms with Gasteiger partial charge in [-0.25, -0.2) is 4.18 Å². The lowest BCUT2D eigenvalue weighted by Gasteiger charge is -2.49. The van der Waals surface area contributed by atoms with Crippen molar-refractivity contribution in [1.82, 2.24) is 4.90 Å². The van der Waals surface area contributed by atoms with Crippen LogP contribution in [0.2, 0.25) is 0 Å². The number of aliphatic hydroxyl groups is 4. The first kappa shape index (κ1) is 66.2.